The third-order valence-corrected chi connectivity index (χ3v) is 3.72. The third kappa shape index (κ3) is 2.43. The molecule has 2 aromatic rings. The molecule has 3 rings (SSSR count). The van der Waals surface area contributed by atoms with Gasteiger partial charge in [-0.1, -0.05) is 11.6 Å². The molecule has 0 bridgehead atoms. The zero-order chi connectivity index (χ0) is 14.1. The number of aromatic nitrogens is 2. The van der Waals surface area contributed by atoms with Crippen LogP contribution in [0.2, 0.25) is 5.02 Å². The van der Waals surface area contributed by atoms with Gasteiger partial charge in [0.05, 0.1) is 16.3 Å². The number of aryl methyl sites for hydroxylation is 1. The lowest BCUT2D eigenvalue weighted by atomic mass is 10.1. The predicted octanol–water partition coefficient (Wildman–Crippen LogP) is 3.85. The molecule has 0 saturated carbocycles. The van der Waals surface area contributed by atoms with E-state index in [1.165, 1.54) is 12.1 Å². The minimum atomic E-state index is -0.399. The number of ketones is 1. The van der Waals surface area contributed by atoms with E-state index in [9.17, 15) is 9.18 Å². The normalized spacial score (nSPS) is 14.8. The molecule has 0 atom stereocenters. The van der Waals surface area contributed by atoms with Crippen molar-refractivity contribution in [3.8, 4) is 11.4 Å². The summed E-state index contributed by atoms with van der Waals surface area (Å²) < 4.78 is 13.1. The van der Waals surface area contributed by atoms with E-state index in [0.717, 1.165) is 25.0 Å². The lowest BCUT2D eigenvalue weighted by Gasteiger charge is -2.07. The fraction of sp³-hybridized carbons (Fsp3) is 0.267. The van der Waals surface area contributed by atoms with E-state index in [1.807, 2.05) is 0 Å². The summed E-state index contributed by atoms with van der Waals surface area (Å²) in [6.07, 6.45) is 4.68. The van der Waals surface area contributed by atoms with E-state index >= 15 is 0 Å². The quantitative estimate of drug-likeness (QED) is 0.749. The van der Waals surface area contributed by atoms with Crippen molar-refractivity contribution in [3.63, 3.8) is 0 Å². The second-order valence-electron chi connectivity index (χ2n) is 4.81. The molecule has 0 spiro atoms. The maximum absolute atomic E-state index is 13.1. The SMILES string of the molecule is O=C1CCCCc2nc(-c3ccc(F)cc3Cl)ncc21. The number of benzene rings is 1. The fourth-order valence-corrected chi connectivity index (χ4v) is 2.61. The number of nitrogens with zero attached hydrogens (tertiary/aromatic N) is 2. The number of carbonyl (C=O) groups is 1. The average Bonchev–Trinajstić information content (AvgIpc) is 2.60. The van der Waals surface area contributed by atoms with Crippen LogP contribution in [-0.2, 0) is 6.42 Å². The smallest absolute Gasteiger partial charge is 0.166 e. The number of carbonyl (C=O) groups excluding carboxylic acids is 1. The molecule has 0 aliphatic heterocycles. The molecule has 0 radical (unpaired) electrons. The molecule has 5 heteroatoms. The van der Waals surface area contributed by atoms with Crippen LogP contribution in [0.15, 0.2) is 24.4 Å². The maximum Gasteiger partial charge on any atom is 0.166 e. The summed E-state index contributed by atoms with van der Waals surface area (Å²) in [5.74, 6) is 0.126. The van der Waals surface area contributed by atoms with E-state index in [1.54, 1.807) is 12.3 Å². The number of hydrogen-bond donors (Lipinski definition) is 0. The summed E-state index contributed by atoms with van der Waals surface area (Å²) in [7, 11) is 0. The molecular weight excluding hydrogens is 279 g/mol. The molecule has 1 heterocycles. The van der Waals surface area contributed by atoms with Crippen LogP contribution in [0.3, 0.4) is 0 Å². The van der Waals surface area contributed by atoms with Gasteiger partial charge < -0.3 is 0 Å². The second-order valence-corrected chi connectivity index (χ2v) is 5.22. The molecule has 1 aromatic heterocycles. The van der Waals surface area contributed by atoms with Gasteiger partial charge in [-0.05, 0) is 37.5 Å². The van der Waals surface area contributed by atoms with Crippen LogP contribution >= 0.6 is 11.6 Å². The monoisotopic (exact) mass is 290 g/mol. The highest BCUT2D eigenvalue weighted by Gasteiger charge is 2.19. The first-order chi connectivity index (χ1) is 9.65. The van der Waals surface area contributed by atoms with Gasteiger partial charge in [-0.25, -0.2) is 14.4 Å². The Morgan fingerprint density at radius 3 is 2.75 bits per heavy atom. The second kappa shape index (κ2) is 5.29. The summed E-state index contributed by atoms with van der Waals surface area (Å²) in [6, 6.07) is 4.11. The Morgan fingerprint density at radius 2 is 1.95 bits per heavy atom. The number of rotatable bonds is 1. The highest BCUT2D eigenvalue weighted by Crippen LogP contribution is 2.27. The first-order valence-electron chi connectivity index (χ1n) is 6.49. The minimum absolute atomic E-state index is 0.0919. The maximum atomic E-state index is 13.1. The van der Waals surface area contributed by atoms with Gasteiger partial charge >= 0.3 is 0 Å². The summed E-state index contributed by atoms with van der Waals surface area (Å²) >= 11 is 6.02. The lowest BCUT2D eigenvalue weighted by molar-refractivity contribution is 0.0981. The number of Topliss-reactive ketones (excluding diaryl/α,β-unsaturated/α-hetero) is 1. The van der Waals surface area contributed by atoms with Gasteiger partial charge in [-0.15, -0.1) is 0 Å². The van der Waals surface area contributed by atoms with Crippen molar-refractivity contribution in [3.05, 3.63) is 46.5 Å². The van der Waals surface area contributed by atoms with Gasteiger partial charge in [0.15, 0.2) is 11.6 Å². The summed E-state index contributed by atoms with van der Waals surface area (Å²) in [5.41, 5.74) is 1.94. The zero-order valence-corrected chi connectivity index (χ0v) is 11.5. The molecule has 102 valence electrons. The van der Waals surface area contributed by atoms with Crippen LogP contribution < -0.4 is 0 Å². The van der Waals surface area contributed by atoms with Gasteiger partial charge in [-0.2, -0.15) is 0 Å². The van der Waals surface area contributed by atoms with Crippen molar-refractivity contribution >= 4 is 17.4 Å². The largest absolute Gasteiger partial charge is 0.294 e. The van der Waals surface area contributed by atoms with Crippen molar-refractivity contribution in [1.82, 2.24) is 9.97 Å². The first kappa shape index (κ1) is 13.2. The van der Waals surface area contributed by atoms with Gasteiger partial charge in [-0.3, -0.25) is 4.79 Å². The van der Waals surface area contributed by atoms with E-state index < -0.39 is 5.82 Å². The minimum Gasteiger partial charge on any atom is -0.294 e. The molecule has 1 aromatic carbocycles. The van der Waals surface area contributed by atoms with Crippen LogP contribution in [0.5, 0.6) is 0 Å². The number of fused-ring (bicyclic) bond motifs is 1. The number of halogens is 2. The average molecular weight is 291 g/mol. The van der Waals surface area contributed by atoms with Crippen molar-refractivity contribution < 1.29 is 9.18 Å². The van der Waals surface area contributed by atoms with Crippen LogP contribution in [0.25, 0.3) is 11.4 Å². The molecule has 3 nitrogen and oxygen atoms in total. The molecule has 0 saturated heterocycles. The molecule has 0 unspecified atom stereocenters. The van der Waals surface area contributed by atoms with Crippen molar-refractivity contribution in [2.24, 2.45) is 0 Å². The number of hydrogen-bond acceptors (Lipinski definition) is 3. The zero-order valence-electron chi connectivity index (χ0n) is 10.7. The molecule has 20 heavy (non-hydrogen) atoms. The summed E-state index contributed by atoms with van der Waals surface area (Å²) in [5, 5.41) is 0.268. The van der Waals surface area contributed by atoms with Gasteiger partial charge in [0.1, 0.15) is 5.82 Å². The predicted molar refractivity (Wildman–Crippen MR) is 74.3 cm³/mol. The van der Waals surface area contributed by atoms with Crippen LogP contribution in [0.4, 0.5) is 4.39 Å². The summed E-state index contributed by atoms with van der Waals surface area (Å²) in [4.78, 5) is 20.6. The van der Waals surface area contributed by atoms with Crippen molar-refractivity contribution in [2.75, 3.05) is 0 Å². The first-order valence-corrected chi connectivity index (χ1v) is 6.87. The Morgan fingerprint density at radius 1 is 1.15 bits per heavy atom. The Hall–Kier alpha value is -1.81. The standard InChI is InChI=1S/C15H12ClFN2O/c16-12-7-9(17)5-6-10(12)15-18-8-11-13(19-15)3-1-2-4-14(11)20/h5-8H,1-4H2. The van der Waals surface area contributed by atoms with E-state index in [2.05, 4.69) is 9.97 Å². The van der Waals surface area contributed by atoms with Crippen molar-refractivity contribution in [1.29, 1.82) is 0 Å². The van der Waals surface area contributed by atoms with E-state index in [0.29, 0.717) is 23.4 Å². The summed E-state index contributed by atoms with van der Waals surface area (Å²) in [6.45, 7) is 0. The lowest BCUT2D eigenvalue weighted by Crippen LogP contribution is -2.05. The third-order valence-electron chi connectivity index (χ3n) is 3.41. The molecule has 0 fully saturated rings. The molecule has 1 aliphatic rings. The van der Waals surface area contributed by atoms with Gasteiger partial charge in [0, 0.05) is 18.2 Å². The highest BCUT2D eigenvalue weighted by atomic mass is 35.5. The van der Waals surface area contributed by atoms with Crippen molar-refractivity contribution in [2.45, 2.75) is 25.7 Å². The molecule has 1 aliphatic carbocycles. The fourth-order valence-electron chi connectivity index (χ4n) is 2.35. The Labute approximate surface area is 120 Å². The molecular formula is C15H12ClFN2O. The highest BCUT2D eigenvalue weighted by molar-refractivity contribution is 6.33. The van der Waals surface area contributed by atoms with Crippen LogP contribution in [0, 0.1) is 5.82 Å². The van der Waals surface area contributed by atoms with Gasteiger partial charge in [0.25, 0.3) is 0 Å². The van der Waals surface area contributed by atoms with Crippen LogP contribution in [-0.4, -0.2) is 15.8 Å². The Balaban J connectivity index is 2.08. The Kier molecular flexibility index (Phi) is 3.49. The Bertz CT molecular complexity index is 688. The molecule has 0 amide bonds. The van der Waals surface area contributed by atoms with E-state index in [4.69, 9.17) is 11.6 Å². The molecule has 0 N–H and O–H groups in total. The topological polar surface area (TPSA) is 42.9 Å². The van der Waals surface area contributed by atoms with Gasteiger partial charge in [0.2, 0.25) is 0 Å². The van der Waals surface area contributed by atoms with Crippen LogP contribution in [0.1, 0.15) is 35.3 Å². The van der Waals surface area contributed by atoms with E-state index in [-0.39, 0.29) is 10.8 Å².